The van der Waals surface area contributed by atoms with Crippen molar-refractivity contribution in [2.45, 2.75) is 43.4 Å². The standard InChI is InChI=1S/C9H17NO2S.C2H6N2O/c10-8(9(11)12)5-1-3-7-4-2-6-13-7;1-4-2(3)5/h7-8H,1-6,10H2,(H,11,12);1H3,(H3,3,4,5). The molecule has 0 aliphatic carbocycles. The number of thioether (sulfide) groups is 1. The predicted octanol–water partition coefficient (Wildman–Crippen LogP) is 0.749. The summed E-state index contributed by atoms with van der Waals surface area (Å²) in [6, 6.07) is -1.16. The summed E-state index contributed by atoms with van der Waals surface area (Å²) in [6.45, 7) is 0. The number of rotatable bonds is 5. The Bertz CT molecular complexity index is 258. The van der Waals surface area contributed by atoms with Crippen molar-refractivity contribution in [3.63, 3.8) is 0 Å². The number of carboxylic acids is 1. The van der Waals surface area contributed by atoms with Crippen molar-refractivity contribution < 1.29 is 14.7 Å². The highest BCUT2D eigenvalue weighted by molar-refractivity contribution is 8.00. The molecule has 0 aromatic heterocycles. The van der Waals surface area contributed by atoms with Gasteiger partial charge in [-0.3, -0.25) is 4.79 Å². The second-order valence-electron chi connectivity index (χ2n) is 4.12. The molecule has 0 aromatic carbocycles. The Hall–Kier alpha value is -0.950. The van der Waals surface area contributed by atoms with Crippen molar-refractivity contribution in [2.24, 2.45) is 11.5 Å². The number of nitrogens with one attached hydrogen (secondary N) is 1. The van der Waals surface area contributed by atoms with Gasteiger partial charge >= 0.3 is 12.0 Å². The highest BCUT2D eigenvalue weighted by atomic mass is 32.2. The lowest BCUT2D eigenvalue weighted by molar-refractivity contribution is -0.138. The zero-order valence-electron chi connectivity index (χ0n) is 10.7. The van der Waals surface area contributed by atoms with Crippen LogP contribution in [-0.2, 0) is 4.79 Å². The molecule has 0 radical (unpaired) electrons. The molecule has 1 fully saturated rings. The van der Waals surface area contributed by atoms with Gasteiger partial charge in [0.25, 0.3) is 0 Å². The van der Waals surface area contributed by atoms with E-state index in [1.807, 2.05) is 11.8 Å². The number of carbonyl (C=O) groups excluding carboxylic acids is 1. The summed E-state index contributed by atoms with van der Waals surface area (Å²) in [4.78, 5) is 19.9. The minimum Gasteiger partial charge on any atom is -0.480 e. The minimum absolute atomic E-state index is 0.495. The molecule has 1 aliphatic rings. The van der Waals surface area contributed by atoms with Gasteiger partial charge in [-0.25, -0.2) is 4.79 Å². The van der Waals surface area contributed by atoms with Crippen LogP contribution in [0, 0.1) is 0 Å². The van der Waals surface area contributed by atoms with E-state index in [2.05, 4.69) is 11.1 Å². The summed E-state index contributed by atoms with van der Waals surface area (Å²) >= 11 is 2.01. The van der Waals surface area contributed by atoms with Crippen LogP contribution >= 0.6 is 11.8 Å². The average molecular weight is 277 g/mol. The van der Waals surface area contributed by atoms with Crippen LogP contribution in [0.5, 0.6) is 0 Å². The Morgan fingerprint density at radius 1 is 1.56 bits per heavy atom. The van der Waals surface area contributed by atoms with Gasteiger partial charge in [-0.1, -0.05) is 6.42 Å². The molecule has 0 bridgehead atoms. The van der Waals surface area contributed by atoms with Gasteiger partial charge in [-0.2, -0.15) is 11.8 Å². The highest BCUT2D eigenvalue weighted by Crippen LogP contribution is 2.29. The van der Waals surface area contributed by atoms with Crippen LogP contribution in [0.4, 0.5) is 4.79 Å². The molecule has 7 heteroatoms. The number of urea groups is 1. The Kier molecular flexibility index (Phi) is 9.49. The molecule has 18 heavy (non-hydrogen) atoms. The lowest BCUT2D eigenvalue weighted by Crippen LogP contribution is -2.29. The maximum Gasteiger partial charge on any atom is 0.320 e. The maximum absolute atomic E-state index is 10.4. The summed E-state index contributed by atoms with van der Waals surface area (Å²) in [5.74, 6) is 0.398. The summed E-state index contributed by atoms with van der Waals surface area (Å²) in [7, 11) is 1.47. The first-order chi connectivity index (χ1) is 8.47. The van der Waals surface area contributed by atoms with E-state index in [-0.39, 0.29) is 0 Å². The van der Waals surface area contributed by atoms with Crippen LogP contribution in [-0.4, -0.2) is 41.2 Å². The third-order valence-corrected chi connectivity index (χ3v) is 4.10. The fraction of sp³-hybridized carbons (Fsp3) is 0.818. The quantitative estimate of drug-likeness (QED) is 0.591. The number of aliphatic carboxylic acids is 1. The molecular formula is C11H23N3O3S. The normalized spacial score (nSPS) is 19.6. The molecule has 106 valence electrons. The molecule has 1 heterocycles. The zero-order chi connectivity index (χ0) is 14.0. The van der Waals surface area contributed by atoms with Crippen molar-refractivity contribution in [1.29, 1.82) is 0 Å². The second-order valence-corrected chi connectivity index (χ2v) is 5.53. The summed E-state index contributed by atoms with van der Waals surface area (Å²) < 4.78 is 0. The van der Waals surface area contributed by atoms with E-state index in [1.54, 1.807) is 0 Å². The number of nitrogens with two attached hydrogens (primary N) is 2. The maximum atomic E-state index is 10.4. The van der Waals surface area contributed by atoms with Gasteiger partial charge in [0, 0.05) is 12.3 Å². The van der Waals surface area contributed by atoms with Crippen LogP contribution in [0.1, 0.15) is 32.1 Å². The molecule has 2 unspecified atom stereocenters. The van der Waals surface area contributed by atoms with Crippen LogP contribution in [0.2, 0.25) is 0 Å². The third kappa shape index (κ3) is 9.12. The Balaban J connectivity index is 0.000000494. The largest absolute Gasteiger partial charge is 0.480 e. The topological polar surface area (TPSA) is 118 Å². The minimum atomic E-state index is -0.876. The van der Waals surface area contributed by atoms with Crippen molar-refractivity contribution in [2.75, 3.05) is 12.8 Å². The van der Waals surface area contributed by atoms with E-state index in [0.717, 1.165) is 18.1 Å². The number of hydrogen-bond acceptors (Lipinski definition) is 4. The Morgan fingerprint density at radius 2 is 2.17 bits per heavy atom. The predicted molar refractivity (Wildman–Crippen MR) is 73.6 cm³/mol. The molecule has 0 spiro atoms. The van der Waals surface area contributed by atoms with E-state index in [1.165, 1.54) is 25.6 Å². The lowest BCUT2D eigenvalue weighted by atomic mass is 10.1. The zero-order valence-corrected chi connectivity index (χ0v) is 11.5. The molecule has 1 saturated heterocycles. The fourth-order valence-electron chi connectivity index (χ4n) is 1.56. The lowest BCUT2D eigenvalue weighted by Gasteiger charge is -2.09. The second kappa shape index (κ2) is 10.0. The van der Waals surface area contributed by atoms with Crippen molar-refractivity contribution in [3.8, 4) is 0 Å². The van der Waals surface area contributed by atoms with Gasteiger partial charge in [0.05, 0.1) is 0 Å². The monoisotopic (exact) mass is 277 g/mol. The summed E-state index contributed by atoms with van der Waals surface area (Å²) in [5.41, 5.74) is 9.94. The first kappa shape index (κ1) is 17.1. The third-order valence-electron chi connectivity index (χ3n) is 2.63. The van der Waals surface area contributed by atoms with Crippen LogP contribution in [0.3, 0.4) is 0 Å². The van der Waals surface area contributed by atoms with Gasteiger partial charge in [0.15, 0.2) is 0 Å². The fourth-order valence-corrected chi connectivity index (χ4v) is 2.89. The highest BCUT2D eigenvalue weighted by Gasteiger charge is 2.16. The van der Waals surface area contributed by atoms with Crippen molar-refractivity contribution in [1.82, 2.24) is 5.32 Å². The van der Waals surface area contributed by atoms with E-state index < -0.39 is 18.0 Å². The number of carboxylic acid groups (broad SMARTS) is 1. The van der Waals surface area contributed by atoms with E-state index in [9.17, 15) is 9.59 Å². The van der Waals surface area contributed by atoms with Gasteiger partial charge in [0.2, 0.25) is 0 Å². The van der Waals surface area contributed by atoms with Crippen molar-refractivity contribution >= 4 is 23.8 Å². The van der Waals surface area contributed by atoms with Gasteiger partial charge in [-0.05, 0) is 31.4 Å². The van der Waals surface area contributed by atoms with Crippen molar-refractivity contribution in [3.05, 3.63) is 0 Å². The Morgan fingerprint density at radius 3 is 2.56 bits per heavy atom. The molecule has 1 rings (SSSR count). The van der Waals surface area contributed by atoms with Gasteiger partial charge in [-0.15, -0.1) is 0 Å². The number of carbonyl (C=O) groups is 2. The molecule has 2 amide bonds. The summed E-state index contributed by atoms with van der Waals surface area (Å²) in [5, 5.41) is 11.5. The Labute approximate surface area is 112 Å². The molecule has 1 aliphatic heterocycles. The molecule has 6 N–H and O–H groups in total. The average Bonchev–Trinajstić information content (AvgIpc) is 2.82. The number of amides is 2. The van der Waals surface area contributed by atoms with Crippen LogP contribution in [0.15, 0.2) is 0 Å². The number of primary amides is 1. The molecule has 6 nitrogen and oxygen atoms in total. The SMILES string of the molecule is CNC(N)=O.NC(CCCC1CCCS1)C(=O)O. The first-order valence-corrected chi connectivity index (χ1v) is 7.09. The van der Waals surface area contributed by atoms with Crippen LogP contribution < -0.4 is 16.8 Å². The van der Waals surface area contributed by atoms with E-state index >= 15 is 0 Å². The van der Waals surface area contributed by atoms with Gasteiger partial charge in [0.1, 0.15) is 6.04 Å². The molecule has 0 saturated carbocycles. The van der Waals surface area contributed by atoms with E-state index in [0.29, 0.717) is 6.42 Å². The first-order valence-electron chi connectivity index (χ1n) is 6.04. The molecule has 2 atom stereocenters. The van der Waals surface area contributed by atoms with Crippen LogP contribution in [0.25, 0.3) is 0 Å². The van der Waals surface area contributed by atoms with Gasteiger partial charge < -0.3 is 21.9 Å². The molecular weight excluding hydrogens is 254 g/mol. The number of hydrogen-bond donors (Lipinski definition) is 4. The van der Waals surface area contributed by atoms with E-state index in [4.69, 9.17) is 10.8 Å². The summed E-state index contributed by atoms with van der Waals surface area (Å²) in [6.07, 6.45) is 5.32. The molecule has 0 aromatic rings. The smallest absolute Gasteiger partial charge is 0.320 e.